The standard InChI is InChI=1S/C10H11NO2/c1-10(7-13-9(12)11-10)8-5-3-2-4-6-8/h2-6H,7H2,1H3,(H,11,12)/t10-/m1/s1. The molecule has 1 atom stereocenters. The zero-order chi connectivity index (χ0) is 9.31. The third-order valence-electron chi connectivity index (χ3n) is 2.28. The predicted octanol–water partition coefficient (Wildman–Crippen LogP) is 1.64. The SMILES string of the molecule is C[C@]1(c2ccccc2)COC(=O)N1. The van der Waals surface area contributed by atoms with Crippen LogP contribution in [0.2, 0.25) is 0 Å². The molecule has 1 amide bonds. The lowest BCUT2D eigenvalue weighted by atomic mass is 9.94. The second kappa shape index (κ2) is 2.76. The molecule has 1 aromatic rings. The summed E-state index contributed by atoms with van der Waals surface area (Å²) in [5, 5.41) is 2.79. The Morgan fingerprint density at radius 3 is 2.62 bits per heavy atom. The topological polar surface area (TPSA) is 38.3 Å². The molecule has 0 unspecified atom stereocenters. The van der Waals surface area contributed by atoms with E-state index in [0.29, 0.717) is 6.61 Å². The lowest BCUT2D eigenvalue weighted by molar-refractivity contribution is 0.173. The Morgan fingerprint density at radius 1 is 1.38 bits per heavy atom. The van der Waals surface area contributed by atoms with Crippen LogP contribution in [0.1, 0.15) is 12.5 Å². The van der Waals surface area contributed by atoms with Crippen molar-refractivity contribution in [2.24, 2.45) is 0 Å². The van der Waals surface area contributed by atoms with Gasteiger partial charge in [-0.25, -0.2) is 4.79 Å². The molecule has 0 spiro atoms. The lowest BCUT2D eigenvalue weighted by Gasteiger charge is -2.20. The van der Waals surface area contributed by atoms with E-state index in [1.54, 1.807) is 0 Å². The van der Waals surface area contributed by atoms with Crippen molar-refractivity contribution in [1.29, 1.82) is 0 Å². The van der Waals surface area contributed by atoms with Crippen molar-refractivity contribution >= 4 is 6.09 Å². The first-order chi connectivity index (χ1) is 6.21. The summed E-state index contributed by atoms with van der Waals surface area (Å²) in [5.41, 5.74) is 0.707. The summed E-state index contributed by atoms with van der Waals surface area (Å²) in [6.45, 7) is 2.35. The van der Waals surface area contributed by atoms with Gasteiger partial charge in [0.15, 0.2) is 0 Å². The van der Waals surface area contributed by atoms with Crippen molar-refractivity contribution in [1.82, 2.24) is 5.32 Å². The summed E-state index contributed by atoms with van der Waals surface area (Å²) in [5.74, 6) is 0. The molecule has 1 heterocycles. The van der Waals surface area contributed by atoms with Crippen LogP contribution < -0.4 is 5.32 Å². The largest absolute Gasteiger partial charge is 0.447 e. The van der Waals surface area contributed by atoms with E-state index in [1.165, 1.54) is 0 Å². The maximum atomic E-state index is 10.9. The molecule has 0 saturated carbocycles. The van der Waals surface area contributed by atoms with E-state index in [2.05, 4.69) is 5.32 Å². The van der Waals surface area contributed by atoms with Crippen molar-refractivity contribution in [3.63, 3.8) is 0 Å². The third-order valence-corrected chi connectivity index (χ3v) is 2.28. The van der Waals surface area contributed by atoms with E-state index < -0.39 is 0 Å². The van der Waals surface area contributed by atoms with Crippen molar-refractivity contribution in [3.05, 3.63) is 35.9 Å². The molecule has 0 aliphatic carbocycles. The van der Waals surface area contributed by atoms with Gasteiger partial charge in [-0.1, -0.05) is 30.3 Å². The van der Waals surface area contributed by atoms with Crippen molar-refractivity contribution < 1.29 is 9.53 Å². The third kappa shape index (κ3) is 1.37. The van der Waals surface area contributed by atoms with Gasteiger partial charge in [-0.3, -0.25) is 0 Å². The highest BCUT2D eigenvalue weighted by Crippen LogP contribution is 2.24. The molecule has 0 aromatic heterocycles. The van der Waals surface area contributed by atoms with E-state index in [-0.39, 0.29) is 11.6 Å². The Balaban J connectivity index is 2.31. The zero-order valence-corrected chi connectivity index (χ0v) is 7.41. The number of carbonyl (C=O) groups excluding carboxylic acids is 1. The van der Waals surface area contributed by atoms with Gasteiger partial charge in [-0.05, 0) is 12.5 Å². The Kier molecular flexibility index (Phi) is 1.72. The van der Waals surface area contributed by atoms with Crippen LogP contribution in [0.3, 0.4) is 0 Å². The summed E-state index contributed by atoms with van der Waals surface area (Å²) in [6.07, 6.45) is -0.341. The fraction of sp³-hybridized carbons (Fsp3) is 0.300. The summed E-state index contributed by atoms with van der Waals surface area (Å²) < 4.78 is 4.87. The molecule has 2 rings (SSSR count). The molecule has 1 saturated heterocycles. The number of nitrogens with one attached hydrogen (secondary N) is 1. The van der Waals surface area contributed by atoms with Crippen LogP contribution in [0.4, 0.5) is 4.79 Å². The first-order valence-electron chi connectivity index (χ1n) is 4.21. The van der Waals surface area contributed by atoms with E-state index >= 15 is 0 Å². The Bertz CT molecular complexity index is 323. The number of alkyl carbamates (subject to hydrolysis) is 1. The number of rotatable bonds is 1. The second-order valence-electron chi connectivity index (χ2n) is 3.40. The van der Waals surface area contributed by atoms with Gasteiger partial charge < -0.3 is 10.1 Å². The molecule has 1 aliphatic rings. The highest BCUT2D eigenvalue weighted by molar-refractivity contribution is 5.71. The highest BCUT2D eigenvalue weighted by Gasteiger charge is 2.36. The van der Waals surface area contributed by atoms with Gasteiger partial charge in [0.25, 0.3) is 0 Å². The van der Waals surface area contributed by atoms with Gasteiger partial charge >= 0.3 is 6.09 Å². The van der Waals surface area contributed by atoms with Crippen molar-refractivity contribution in [3.8, 4) is 0 Å². The van der Waals surface area contributed by atoms with Crippen LogP contribution in [-0.4, -0.2) is 12.7 Å². The van der Waals surface area contributed by atoms with Gasteiger partial charge in [0.2, 0.25) is 0 Å². The van der Waals surface area contributed by atoms with Gasteiger partial charge in [-0.15, -0.1) is 0 Å². The number of amides is 1. The van der Waals surface area contributed by atoms with E-state index in [9.17, 15) is 4.79 Å². The number of benzene rings is 1. The summed E-state index contributed by atoms with van der Waals surface area (Å²) in [7, 11) is 0. The van der Waals surface area contributed by atoms with Crippen molar-refractivity contribution in [2.45, 2.75) is 12.5 Å². The van der Waals surface area contributed by atoms with Crippen LogP contribution >= 0.6 is 0 Å². The smallest absolute Gasteiger partial charge is 0.408 e. The normalized spacial score (nSPS) is 26.7. The van der Waals surface area contributed by atoms with Gasteiger partial charge in [0.1, 0.15) is 6.61 Å². The summed E-state index contributed by atoms with van der Waals surface area (Å²) in [4.78, 5) is 10.9. The minimum Gasteiger partial charge on any atom is -0.447 e. The second-order valence-corrected chi connectivity index (χ2v) is 3.40. The van der Waals surface area contributed by atoms with Crippen LogP contribution in [0.5, 0.6) is 0 Å². The lowest BCUT2D eigenvalue weighted by Crippen LogP contribution is -2.37. The molecule has 68 valence electrons. The van der Waals surface area contributed by atoms with Crippen LogP contribution in [0.15, 0.2) is 30.3 Å². The number of hydrogen-bond donors (Lipinski definition) is 1. The van der Waals surface area contributed by atoms with Crippen LogP contribution in [0, 0.1) is 0 Å². The number of cyclic esters (lactones) is 1. The predicted molar refractivity (Wildman–Crippen MR) is 48.3 cm³/mol. The Hall–Kier alpha value is -1.51. The first-order valence-corrected chi connectivity index (χ1v) is 4.21. The molecule has 3 nitrogen and oxygen atoms in total. The number of hydrogen-bond acceptors (Lipinski definition) is 2. The van der Waals surface area contributed by atoms with Crippen molar-refractivity contribution in [2.75, 3.05) is 6.61 Å². The quantitative estimate of drug-likeness (QED) is 0.708. The molecular formula is C10H11NO2. The molecule has 1 N–H and O–H groups in total. The van der Waals surface area contributed by atoms with Crippen LogP contribution in [-0.2, 0) is 10.3 Å². The van der Waals surface area contributed by atoms with Crippen LogP contribution in [0.25, 0.3) is 0 Å². The minimum absolute atomic E-state index is 0.341. The highest BCUT2D eigenvalue weighted by atomic mass is 16.6. The summed E-state index contributed by atoms with van der Waals surface area (Å²) in [6, 6.07) is 9.81. The monoisotopic (exact) mass is 177 g/mol. The number of carbonyl (C=O) groups is 1. The molecule has 13 heavy (non-hydrogen) atoms. The van der Waals surface area contributed by atoms with E-state index in [4.69, 9.17) is 4.74 Å². The molecule has 0 radical (unpaired) electrons. The zero-order valence-electron chi connectivity index (χ0n) is 7.41. The van der Waals surface area contributed by atoms with Gasteiger partial charge in [-0.2, -0.15) is 0 Å². The first kappa shape index (κ1) is 8.10. The Labute approximate surface area is 76.7 Å². The summed E-state index contributed by atoms with van der Waals surface area (Å²) >= 11 is 0. The molecule has 1 aliphatic heterocycles. The molecule has 1 fully saturated rings. The average molecular weight is 177 g/mol. The molecular weight excluding hydrogens is 166 g/mol. The average Bonchev–Trinajstić information content (AvgIpc) is 2.49. The fourth-order valence-electron chi connectivity index (χ4n) is 1.47. The molecule has 0 bridgehead atoms. The number of ether oxygens (including phenoxy) is 1. The maximum absolute atomic E-state index is 10.9. The van der Waals surface area contributed by atoms with E-state index in [0.717, 1.165) is 5.56 Å². The maximum Gasteiger partial charge on any atom is 0.408 e. The van der Waals surface area contributed by atoms with Gasteiger partial charge in [0, 0.05) is 0 Å². The molecule has 3 heteroatoms. The van der Waals surface area contributed by atoms with Gasteiger partial charge in [0.05, 0.1) is 5.54 Å². The van der Waals surface area contributed by atoms with E-state index in [1.807, 2.05) is 37.3 Å². The minimum atomic E-state index is -0.363. The fourth-order valence-corrected chi connectivity index (χ4v) is 1.47. The Morgan fingerprint density at radius 2 is 2.08 bits per heavy atom. The molecule has 1 aromatic carbocycles.